The molecule has 2 amide bonds. The molecule has 0 bridgehead atoms. The highest BCUT2D eigenvalue weighted by Crippen LogP contribution is 2.21. The van der Waals surface area contributed by atoms with Crippen LogP contribution in [-0.4, -0.2) is 28.8 Å². The van der Waals surface area contributed by atoms with Gasteiger partial charge in [-0.2, -0.15) is 0 Å². The van der Waals surface area contributed by atoms with Crippen molar-refractivity contribution < 1.29 is 9.59 Å². The molecule has 156 valence electrons. The molecule has 5 heteroatoms. The van der Waals surface area contributed by atoms with Crippen LogP contribution in [0.25, 0.3) is 0 Å². The first-order valence-electron chi connectivity index (χ1n) is 10.3. The summed E-state index contributed by atoms with van der Waals surface area (Å²) in [5.74, 6) is -0.160. The lowest BCUT2D eigenvalue weighted by Crippen LogP contribution is -2.52. The first-order chi connectivity index (χ1) is 14.0. The fourth-order valence-corrected chi connectivity index (χ4v) is 3.36. The Morgan fingerprint density at radius 1 is 1.03 bits per heavy atom. The van der Waals surface area contributed by atoms with Gasteiger partial charge < -0.3 is 10.2 Å². The fourth-order valence-electron chi connectivity index (χ4n) is 3.16. The Hall–Kier alpha value is -2.33. The molecule has 2 aromatic rings. The number of nitrogens with one attached hydrogen (secondary N) is 1. The first-order valence-corrected chi connectivity index (χ1v) is 10.7. The lowest BCUT2D eigenvalue weighted by Gasteiger charge is -2.32. The van der Waals surface area contributed by atoms with Gasteiger partial charge in [-0.05, 0) is 37.0 Å². The van der Waals surface area contributed by atoms with E-state index in [1.165, 1.54) is 0 Å². The molecule has 0 spiro atoms. The van der Waals surface area contributed by atoms with Gasteiger partial charge in [0.2, 0.25) is 11.8 Å². The monoisotopic (exact) mass is 414 g/mol. The molecule has 0 aliphatic heterocycles. The van der Waals surface area contributed by atoms with Gasteiger partial charge in [-0.3, -0.25) is 9.59 Å². The van der Waals surface area contributed by atoms with Gasteiger partial charge in [0.05, 0.1) is 0 Å². The molecule has 0 aliphatic carbocycles. The molecule has 0 heterocycles. The smallest absolute Gasteiger partial charge is 0.243 e. The summed E-state index contributed by atoms with van der Waals surface area (Å²) in [5.41, 5.74) is 1.86. The van der Waals surface area contributed by atoms with Crippen LogP contribution >= 0.6 is 11.6 Å². The third-order valence-electron chi connectivity index (χ3n) is 5.03. The number of hydrogen-bond donors (Lipinski definition) is 1. The summed E-state index contributed by atoms with van der Waals surface area (Å²) in [6.45, 7) is 6.28. The summed E-state index contributed by atoms with van der Waals surface area (Å²) in [4.78, 5) is 27.9. The van der Waals surface area contributed by atoms with Crippen LogP contribution in [-0.2, 0) is 22.6 Å². The van der Waals surface area contributed by atoms with Crippen molar-refractivity contribution in [1.29, 1.82) is 0 Å². The van der Waals surface area contributed by atoms with Gasteiger partial charge in [-0.1, -0.05) is 74.0 Å². The zero-order valence-electron chi connectivity index (χ0n) is 17.5. The van der Waals surface area contributed by atoms with Crippen molar-refractivity contribution in [2.45, 2.75) is 65.1 Å². The van der Waals surface area contributed by atoms with E-state index >= 15 is 0 Å². The summed E-state index contributed by atoms with van der Waals surface area (Å²) in [6, 6.07) is 16.7. The van der Waals surface area contributed by atoms with Crippen LogP contribution in [0.3, 0.4) is 0 Å². The Morgan fingerprint density at radius 2 is 1.69 bits per heavy atom. The van der Waals surface area contributed by atoms with Gasteiger partial charge in [0.25, 0.3) is 0 Å². The van der Waals surface area contributed by atoms with Gasteiger partial charge in [0.15, 0.2) is 0 Å². The van der Waals surface area contributed by atoms with Crippen molar-refractivity contribution >= 4 is 23.4 Å². The highest BCUT2D eigenvalue weighted by atomic mass is 35.5. The van der Waals surface area contributed by atoms with E-state index in [-0.39, 0.29) is 17.9 Å². The molecular weight excluding hydrogens is 384 g/mol. The third kappa shape index (κ3) is 6.90. The molecule has 0 saturated carbocycles. The molecule has 0 saturated heterocycles. The van der Waals surface area contributed by atoms with Crippen LogP contribution in [0.4, 0.5) is 0 Å². The minimum atomic E-state index is -0.596. The van der Waals surface area contributed by atoms with Crippen molar-refractivity contribution in [3.05, 3.63) is 70.7 Å². The van der Waals surface area contributed by atoms with Crippen LogP contribution in [0.15, 0.2) is 54.6 Å². The highest BCUT2D eigenvalue weighted by Gasteiger charge is 2.30. The first kappa shape index (κ1) is 23.0. The lowest BCUT2D eigenvalue weighted by atomic mass is 10.0. The molecule has 0 radical (unpaired) electrons. The van der Waals surface area contributed by atoms with Crippen LogP contribution in [0.2, 0.25) is 5.02 Å². The number of rotatable bonds is 10. The van der Waals surface area contributed by atoms with Crippen LogP contribution in [0, 0.1) is 0 Å². The molecule has 0 fully saturated rings. The molecule has 2 aromatic carbocycles. The molecule has 2 rings (SSSR count). The van der Waals surface area contributed by atoms with Gasteiger partial charge >= 0.3 is 0 Å². The van der Waals surface area contributed by atoms with Gasteiger partial charge in [0, 0.05) is 30.5 Å². The molecule has 0 aromatic heterocycles. The van der Waals surface area contributed by atoms with Crippen LogP contribution in [0.5, 0.6) is 0 Å². The van der Waals surface area contributed by atoms with Gasteiger partial charge in [0.1, 0.15) is 6.04 Å². The Morgan fingerprint density at radius 3 is 2.31 bits per heavy atom. The Bertz CT molecular complexity index is 794. The second kappa shape index (κ2) is 11.6. The number of carbonyl (C=O) groups excluding carboxylic acids is 2. The van der Waals surface area contributed by atoms with E-state index in [1.54, 1.807) is 4.90 Å². The van der Waals surface area contributed by atoms with E-state index in [0.29, 0.717) is 24.4 Å². The second-order valence-corrected chi connectivity index (χ2v) is 7.79. The molecular formula is C24H31ClN2O2. The maximum Gasteiger partial charge on any atom is 0.243 e. The van der Waals surface area contributed by atoms with E-state index in [2.05, 4.69) is 5.32 Å². The van der Waals surface area contributed by atoms with Crippen molar-refractivity contribution in [1.82, 2.24) is 10.2 Å². The fraction of sp³-hybridized carbons (Fsp3) is 0.417. The zero-order valence-corrected chi connectivity index (χ0v) is 18.3. The predicted molar refractivity (Wildman–Crippen MR) is 119 cm³/mol. The van der Waals surface area contributed by atoms with E-state index in [1.807, 2.05) is 75.4 Å². The summed E-state index contributed by atoms with van der Waals surface area (Å²) in [6.07, 6.45) is 2.41. The van der Waals surface area contributed by atoms with Crippen molar-refractivity contribution in [3.63, 3.8) is 0 Å². The number of halogens is 1. The molecule has 29 heavy (non-hydrogen) atoms. The number of amides is 2. The highest BCUT2D eigenvalue weighted by molar-refractivity contribution is 6.31. The third-order valence-corrected chi connectivity index (χ3v) is 5.40. The Kier molecular flexibility index (Phi) is 9.20. The standard InChI is InChI=1S/C24H31ClN2O2/c1-4-11-23(28)27(17-20-14-9-10-15-21(20)25)22(24(29)26-18(3)5-2)16-19-12-7-6-8-13-19/h6-10,12-15,18,22H,4-5,11,16-17H2,1-3H3,(H,26,29)/t18-,22-/m0/s1. The average molecular weight is 415 g/mol. The minimum Gasteiger partial charge on any atom is -0.352 e. The summed E-state index contributed by atoms with van der Waals surface area (Å²) < 4.78 is 0. The number of nitrogens with zero attached hydrogens (tertiary/aromatic N) is 1. The van der Waals surface area contributed by atoms with Crippen LogP contribution in [0.1, 0.15) is 51.2 Å². The van der Waals surface area contributed by atoms with Gasteiger partial charge in [-0.15, -0.1) is 0 Å². The molecule has 2 atom stereocenters. The number of benzene rings is 2. The predicted octanol–water partition coefficient (Wildman–Crippen LogP) is 4.99. The number of hydrogen-bond acceptors (Lipinski definition) is 2. The largest absolute Gasteiger partial charge is 0.352 e. The average Bonchev–Trinajstić information content (AvgIpc) is 2.72. The Balaban J connectivity index is 2.39. The Labute approximate surface area is 179 Å². The van der Waals surface area contributed by atoms with E-state index in [4.69, 9.17) is 11.6 Å². The molecule has 0 unspecified atom stereocenters. The normalized spacial score (nSPS) is 12.8. The SMILES string of the molecule is CCCC(=O)N(Cc1ccccc1Cl)[C@@H](Cc1ccccc1)C(=O)N[C@@H](C)CC. The maximum absolute atomic E-state index is 13.2. The van der Waals surface area contributed by atoms with Gasteiger partial charge in [-0.25, -0.2) is 0 Å². The molecule has 0 aliphatic rings. The molecule has 1 N–H and O–H groups in total. The molecule has 4 nitrogen and oxygen atoms in total. The van der Waals surface area contributed by atoms with Crippen LogP contribution < -0.4 is 5.32 Å². The van der Waals surface area contributed by atoms with E-state index in [0.717, 1.165) is 24.0 Å². The second-order valence-electron chi connectivity index (χ2n) is 7.39. The summed E-state index contributed by atoms with van der Waals surface area (Å²) in [7, 11) is 0. The minimum absolute atomic E-state index is 0.0346. The quantitative estimate of drug-likeness (QED) is 0.595. The summed E-state index contributed by atoms with van der Waals surface area (Å²) >= 11 is 6.36. The maximum atomic E-state index is 13.2. The zero-order chi connectivity index (χ0) is 21.2. The summed E-state index contributed by atoms with van der Waals surface area (Å²) in [5, 5.41) is 3.66. The van der Waals surface area contributed by atoms with Crippen molar-refractivity contribution in [2.75, 3.05) is 0 Å². The van der Waals surface area contributed by atoms with Crippen molar-refractivity contribution in [3.8, 4) is 0 Å². The topological polar surface area (TPSA) is 49.4 Å². The van der Waals surface area contributed by atoms with E-state index < -0.39 is 6.04 Å². The lowest BCUT2D eigenvalue weighted by molar-refractivity contribution is -0.141. The number of carbonyl (C=O) groups is 2. The van der Waals surface area contributed by atoms with E-state index in [9.17, 15) is 9.59 Å². The van der Waals surface area contributed by atoms with Crippen molar-refractivity contribution in [2.24, 2.45) is 0 Å².